The number of rotatable bonds is 4. The molecule has 2 aromatic heterocycles. The molecule has 3 heteroatoms. The van der Waals surface area contributed by atoms with Gasteiger partial charge in [-0.1, -0.05) is 115 Å². The SMILES string of the molecule is c1ccc(-c2ccc(N(c3ccc4c(c3)sc3ccccc34)c3cccc4ccccc34)c3sc4ccccc4c23)cc1. The standard InChI is InChI=1S/C40H25NS2/c1-2-11-27(12-3-1)30-23-24-35(40-39(30)33-17-7-9-20-37(33)43-40)41(34-18-10-14-26-13-4-5-15-29(26)34)28-21-22-32-31-16-6-8-19-36(31)42-38(32)25-28/h1-25H. The average molecular weight is 584 g/mol. The van der Waals surface area contributed by atoms with Crippen LogP contribution in [0.5, 0.6) is 0 Å². The molecule has 0 bridgehead atoms. The van der Waals surface area contributed by atoms with Gasteiger partial charge in [0, 0.05) is 46.7 Å². The third-order valence-corrected chi connectivity index (χ3v) is 10.8. The van der Waals surface area contributed by atoms with Gasteiger partial charge in [0.2, 0.25) is 0 Å². The predicted molar refractivity (Wildman–Crippen MR) is 190 cm³/mol. The van der Waals surface area contributed by atoms with E-state index in [2.05, 4.69) is 157 Å². The van der Waals surface area contributed by atoms with Gasteiger partial charge in [0.1, 0.15) is 0 Å². The van der Waals surface area contributed by atoms with Crippen molar-refractivity contribution < 1.29 is 0 Å². The van der Waals surface area contributed by atoms with Crippen LogP contribution in [-0.2, 0) is 0 Å². The molecule has 0 aliphatic carbocycles. The summed E-state index contributed by atoms with van der Waals surface area (Å²) in [6.45, 7) is 0. The van der Waals surface area contributed by atoms with Crippen LogP contribution in [-0.4, -0.2) is 0 Å². The van der Waals surface area contributed by atoms with E-state index in [0.29, 0.717) is 0 Å². The summed E-state index contributed by atoms with van der Waals surface area (Å²) in [5.41, 5.74) is 6.07. The van der Waals surface area contributed by atoms with E-state index in [4.69, 9.17) is 0 Å². The van der Waals surface area contributed by atoms with Gasteiger partial charge in [-0.3, -0.25) is 0 Å². The van der Waals surface area contributed by atoms with Crippen molar-refractivity contribution in [2.75, 3.05) is 4.90 Å². The van der Waals surface area contributed by atoms with Gasteiger partial charge in [-0.05, 0) is 52.9 Å². The number of nitrogens with zero attached hydrogens (tertiary/aromatic N) is 1. The summed E-state index contributed by atoms with van der Waals surface area (Å²) in [5.74, 6) is 0. The van der Waals surface area contributed by atoms with E-state index < -0.39 is 0 Å². The molecule has 0 saturated carbocycles. The molecule has 0 aliphatic rings. The van der Waals surface area contributed by atoms with Gasteiger partial charge >= 0.3 is 0 Å². The van der Waals surface area contributed by atoms with Crippen LogP contribution in [0.1, 0.15) is 0 Å². The van der Waals surface area contributed by atoms with Crippen LogP contribution in [0.15, 0.2) is 152 Å². The molecule has 2 heterocycles. The highest BCUT2D eigenvalue weighted by Gasteiger charge is 2.22. The molecule has 0 saturated heterocycles. The fourth-order valence-electron chi connectivity index (χ4n) is 6.51. The van der Waals surface area contributed by atoms with E-state index in [9.17, 15) is 0 Å². The lowest BCUT2D eigenvalue weighted by Gasteiger charge is -2.28. The Balaban J connectivity index is 1.38. The molecule has 0 aliphatic heterocycles. The van der Waals surface area contributed by atoms with Crippen molar-refractivity contribution >= 4 is 90.9 Å². The van der Waals surface area contributed by atoms with E-state index >= 15 is 0 Å². The molecule has 0 spiro atoms. The summed E-state index contributed by atoms with van der Waals surface area (Å²) in [4.78, 5) is 2.48. The lowest BCUT2D eigenvalue weighted by molar-refractivity contribution is 1.33. The summed E-state index contributed by atoms with van der Waals surface area (Å²) in [7, 11) is 0. The summed E-state index contributed by atoms with van der Waals surface area (Å²) in [6.07, 6.45) is 0. The zero-order chi connectivity index (χ0) is 28.3. The zero-order valence-corrected chi connectivity index (χ0v) is 24.8. The van der Waals surface area contributed by atoms with Gasteiger partial charge in [-0.15, -0.1) is 22.7 Å². The molecule has 0 radical (unpaired) electrons. The number of benzene rings is 7. The van der Waals surface area contributed by atoms with Crippen molar-refractivity contribution in [2.45, 2.75) is 0 Å². The first-order valence-electron chi connectivity index (χ1n) is 14.5. The average Bonchev–Trinajstić information content (AvgIpc) is 3.64. The Morgan fingerprint density at radius 3 is 1.95 bits per heavy atom. The summed E-state index contributed by atoms with van der Waals surface area (Å²) >= 11 is 3.76. The molecule has 0 amide bonds. The molecule has 7 aromatic carbocycles. The lowest BCUT2D eigenvalue weighted by Crippen LogP contribution is -2.10. The summed E-state index contributed by atoms with van der Waals surface area (Å²) in [6, 6.07) is 55.4. The number of anilines is 3. The van der Waals surface area contributed by atoms with Crippen LogP contribution >= 0.6 is 22.7 Å². The van der Waals surface area contributed by atoms with Gasteiger partial charge in [0.25, 0.3) is 0 Å². The van der Waals surface area contributed by atoms with Crippen LogP contribution in [0.2, 0.25) is 0 Å². The first-order valence-corrected chi connectivity index (χ1v) is 16.2. The number of fused-ring (bicyclic) bond motifs is 7. The monoisotopic (exact) mass is 583 g/mol. The fourth-order valence-corrected chi connectivity index (χ4v) is 8.89. The largest absolute Gasteiger partial charge is 0.308 e. The predicted octanol–water partition coefficient (Wildman–Crippen LogP) is 12.7. The summed E-state index contributed by atoms with van der Waals surface area (Å²) < 4.78 is 5.23. The zero-order valence-electron chi connectivity index (χ0n) is 23.2. The molecule has 9 aromatic rings. The smallest absolute Gasteiger partial charge is 0.0641 e. The molecule has 9 rings (SSSR count). The molecule has 0 N–H and O–H groups in total. The number of hydrogen-bond acceptors (Lipinski definition) is 3. The Kier molecular flexibility index (Phi) is 5.62. The second-order valence-corrected chi connectivity index (χ2v) is 13.0. The van der Waals surface area contributed by atoms with E-state index in [0.717, 1.165) is 0 Å². The van der Waals surface area contributed by atoms with Gasteiger partial charge in [0.15, 0.2) is 0 Å². The van der Waals surface area contributed by atoms with Crippen molar-refractivity contribution in [3.63, 3.8) is 0 Å². The van der Waals surface area contributed by atoms with Gasteiger partial charge < -0.3 is 4.90 Å². The normalized spacial score (nSPS) is 11.7. The van der Waals surface area contributed by atoms with Crippen molar-refractivity contribution in [1.82, 2.24) is 0 Å². The third-order valence-electron chi connectivity index (χ3n) is 8.46. The number of thiophene rings is 2. The molecule has 0 fully saturated rings. The molecule has 43 heavy (non-hydrogen) atoms. The first kappa shape index (κ1) is 24.6. The highest BCUT2D eigenvalue weighted by Crippen LogP contribution is 2.50. The Hall–Kier alpha value is -4.96. The molecular weight excluding hydrogens is 559 g/mol. The Morgan fingerprint density at radius 1 is 0.419 bits per heavy atom. The van der Waals surface area contributed by atoms with Crippen LogP contribution in [0.3, 0.4) is 0 Å². The van der Waals surface area contributed by atoms with Crippen LogP contribution in [0, 0.1) is 0 Å². The Bertz CT molecular complexity index is 2460. The minimum Gasteiger partial charge on any atom is -0.308 e. The first-order chi connectivity index (χ1) is 21.3. The van der Waals surface area contributed by atoms with Crippen molar-refractivity contribution in [3.05, 3.63) is 152 Å². The molecular formula is C40H25NS2. The van der Waals surface area contributed by atoms with Gasteiger partial charge in [-0.25, -0.2) is 0 Å². The quantitative estimate of drug-likeness (QED) is 0.199. The van der Waals surface area contributed by atoms with E-state index in [1.54, 1.807) is 0 Å². The maximum Gasteiger partial charge on any atom is 0.0641 e. The van der Waals surface area contributed by atoms with Gasteiger partial charge in [0.05, 0.1) is 16.1 Å². The second kappa shape index (κ2) is 9.81. The van der Waals surface area contributed by atoms with Crippen LogP contribution in [0.4, 0.5) is 17.1 Å². The Morgan fingerprint density at radius 2 is 1.09 bits per heavy atom. The van der Waals surface area contributed by atoms with Gasteiger partial charge in [-0.2, -0.15) is 0 Å². The highest BCUT2D eigenvalue weighted by atomic mass is 32.1. The third kappa shape index (κ3) is 3.90. The van der Waals surface area contributed by atoms with E-state index in [1.165, 1.54) is 79.3 Å². The maximum absolute atomic E-state index is 2.48. The maximum atomic E-state index is 2.48. The highest BCUT2D eigenvalue weighted by molar-refractivity contribution is 7.26. The second-order valence-electron chi connectivity index (χ2n) is 10.9. The topological polar surface area (TPSA) is 3.24 Å². The van der Waals surface area contributed by atoms with Crippen molar-refractivity contribution in [3.8, 4) is 11.1 Å². The molecule has 202 valence electrons. The van der Waals surface area contributed by atoms with Crippen LogP contribution < -0.4 is 4.90 Å². The van der Waals surface area contributed by atoms with Crippen molar-refractivity contribution in [2.24, 2.45) is 0 Å². The molecule has 0 unspecified atom stereocenters. The minimum absolute atomic E-state index is 1.17. The van der Waals surface area contributed by atoms with E-state index in [-0.39, 0.29) is 0 Å². The fraction of sp³-hybridized carbons (Fsp3) is 0. The van der Waals surface area contributed by atoms with E-state index in [1.807, 2.05) is 22.7 Å². The lowest BCUT2D eigenvalue weighted by atomic mass is 9.98. The molecule has 0 atom stereocenters. The minimum atomic E-state index is 1.17. The Labute approximate surface area is 257 Å². The van der Waals surface area contributed by atoms with Crippen LogP contribution in [0.25, 0.3) is 62.2 Å². The van der Waals surface area contributed by atoms with Crippen molar-refractivity contribution in [1.29, 1.82) is 0 Å². The number of hydrogen-bond donors (Lipinski definition) is 0. The summed E-state index contributed by atoms with van der Waals surface area (Å²) in [5, 5.41) is 7.74. The molecule has 1 nitrogen and oxygen atoms in total.